The van der Waals surface area contributed by atoms with Gasteiger partial charge >= 0.3 is 11.9 Å². The summed E-state index contributed by atoms with van der Waals surface area (Å²) in [5.41, 5.74) is 0. The average molecular weight is 511 g/mol. The van der Waals surface area contributed by atoms with Gasteiger partial charge in [-0.25, -0.2) is 4.79 Å². The molecule has 0 aliphatic heterocycles. The minimum atomic E-state index is -0.835. The number of unbranched alkanes of at least 4 members (excludes halogenated alkanes) is 23. The summed E-state index contributed by atoms with van der Waals surface area (Å²) in [6.07, 6.45) is 35.9. The van der Waals surface area contributed by atoms with Gasteiger partial charge in [0.1, 0.15) is 0 Å². The van der Waals surface area contributed by atoms with E-state index in [9.17, 15) is 9.59 Å². The average Bonchev–Trinajstić information content (AvgIpc) is 2.85. The van der Waals surface area contributed by atoms with E-state index in [1.165, 1.54) is 141 Å². The van der Waals surface area contributed by atoms with E-state index in [-0.39, 0.29) is 0 Å². The summed E-state index contributed by atoms with van der Waals surface area (Å²) >= 11 is 0. The van der Waals surface area contributed by atoms with E-state index in [0.717, 1.165) is 25.7 Å². The van der Waals surface area contributed by atoms with Crippen LogP contribution in [0.15, 0.2) is 12.2 Å². The van der Waals surface area contributed by atoms with Crippen LogP contribution >= 0.6 is 0 Å². The third-order valence-corrected chi connectivity index (χ3v) is 6.73. The number of aliphatic carboxylic acids is 2. The molecule has 0 rings (SSSR count). The number of carboxylic acid groups (broad SMARTS) is 2. The topological polar surface area (TPSA) is 74.6 Å². The molecule has 0 saturated heterocycles. The lowest BCUT2D eigenvalue weighted by atomic mass is 10.0. The zero-order valence-electron chi connectivity index (χ0n) is 24.3. The summed E-state index contributed by atoms with van der Waals surface area (Å²) in [6, 6.07) is 0. The van der Waals surface area contributed by atoms with Gasteiger partial charge < -0.3 is 10.2 Å². The van der Waals surface area contributed by atoms with E-state index >= 15 is 0 Å². The highest BCUT2D eigenvalue weighted by Crippen LogP contribution is 2.13. The van der Waals surface area contributed by atoms with Gasteiger partial charge in [-0.2, -0.15) is 0 Å². The molecule has 0 aromatic carbocycles. The molecule has 0 heterocycles. The highest BCUT2D eigenvalue weighted by atomic mass is 16.4. The van der Waals surface area contributed by atoms with Gasteiger partial charge in [0.2, 0.25) is 0 Å². The maximum atomic E-state index is 10.3. The molecule has 4 nitrogen and oxygen atoms in total. The van der Waals surface area contributed by atoms with E-state index in [1.54, 1.807) is 6.08 Å². The normalized spacial score (nSPS) is 10.9. The van der Waals surface area contributed by atoms with Crippen LogP contribution in [0.25, 0.3) is 0 Å². The van der Waals surface area contributed by atoms with E-state index < -0.39 is 11.9 Å². The van der Waals surface area contributed by atoms with Crippen molar-refractivity contribution in [1.29, 1.82) is 0 Å². The van der Waals surface area contributed by atoms with Crippen LogP contribution in [0.1, 0.15) is 181 Å². The van der Waals surface area contributed by atoms with Gasteiger partial charge in [-0.15, -0.1) is 0 Å². The fraction of sp³-hybridized carbons (Fsp3) is 0.875. The van der Waals surface area contributed by atoms with Crippen LogP contribution in [-0.2, 0) is 9.59 Å². The lowest BCUT2D eigenvalue weighted by molar-refractivity contribution is -0.137. The Morgan fingerprint density at radius 3 is 1.08 bits per heavy atom. The molecule has 0 unspecified atom stereocenters. The van der Waals surface area contributed by atoms with Gasteiger partial charge in [0.05, 0.1) is 0 Å². The Kier molecular flexibility index (Phi) is 34.5. The van der Waals surface area contributed by atoms with Crippen molar-refractivity contribution in [2.75, 3.05) is 0 Å². The van der Waals surface area contributed by atoms with Gasteiger partial charge in [-0.05, 0) is 19.3 Å². The van der Waals surface area contributed by atoms with E-state index in [2.05, 4.69) is 13.8 Å². The highest BCUT2D eigenvalue weighted by Gasteiger charge is 1.97. The number of hydrogen-bond acceptors (Lipinski definition) is 2. The van der Waals surface area contributed by atoms with Crippen LogP contribution in [0.3, 0.4) is 0 Å². The number of rotatable bonds is 27. The fourth-order valence-electron chi connectivity index (χ4n) is 4.40. The second-order valence-electron chi connectivity index (χ2n) is 10.5. The molecule has 4 heteroatoms. The number of allylic oxidation sites excluding steroid dienone is 1. The molecular formula is C32H62O4. The van der Waals surface area contributed by atoms with Gasteiger partial charge in [-0.1, -0.05) is 161 Å². The second-order valence-corrected chi connectivity index (χ2v) is 10.5. The molecule has 0 radical (unpaired) electrons. The summed E-state index contributed by atoms with van der Waals surface area (Å²) in [5.74, 6) is -1.49. The largest absolute Gasteiger partial charge is 0.481 e. The van der Waals surface area contributed by atoms with E-state index in [1.807, 2.05) is 0 Å². The first-order chi connectivity index (χ1) is 17.5. The molecule has 0 amide bonds. The van der Waals surface area contributed by atoms with Crippen molar-refractivity contribution in [1.82, 2.24) is 0 Å². The summed E-state index contributed by atoms with van der Waals surface area (Å²) in [4.78, 5) is 20.5. The standard InChI is InChI=1S/C16H32O2.C16H30O2/c2*1-2-3-4-5-6-7-8-9-10-11-12-13-14-15-16(17)18/h2-15H2,1H3,(H,17,18);14-15H,2-13H2,1H3,(H,17,18). The van der Waals surface area contributed by atoms with Crippen LogP contribution in [0.5, 0.6) is 0 Å². The number of hydrogen-bond donors (Lipinski definition) is 2. The zero-order valence-corrected chi connectivity index (χ0v) is 24.3. The first-order valence-corrected chi connectivity index (χ1v) is 15.7. The summed E-state index contributed by atoms with van der Waals surface area (Å²) in [7, 11) is 0. The van der Waals surface area contributed by atoms with Gasteiger partial charge in [0, 0.05) is 12.5 Å². The Hall–Kier alpha value is -1.32. The highest BCUT2D eigenvalue weighted by molar-refractivity contribution is 5.79. The molecular weight excluding hydrogens is 448 g/mol. The van der Waals surface area contributed by atoms with E-state index in [0.29, 0.717) is 6.42 Å². The van der Waals surface area contributed by atoms with Crippen molar-refractivity contribution in [2.45, 2.75) is 181 Å². The molecule has 0 fully saturated rings. The number of carbonyl (C=O) groups is 2. The Morgan fingerprint density at radius 2 is 0.778 bits per heavy atom. The SMILES string of the molecule is CCCCCCCCCCCCCC=CC(=O)O.CCCCCCCCCCCCCCCC(=O)O. The lowest BCUT2D eigenvalue weighted by Gasteiger charge is -2.02. The maximum absolute atomic E-state index is 10.3. The van der Waals surface area contributed by atoms with Crippen molar-refractivity contribution >= 4 is 11.9 Å². The van der Waals surface area contributed by atoms with Crippen molar-refractivity contribution in [3.8, 4) is 0 Å². The van der Waals surface area contributed by atoms with Gasteiger partial charge in [-0.3, -0.25) is 4.79 Å². The van der Waals surface area contributed by atoms with Crippen LogP contribution in [0, 0.1) is 0 Å². The molecule has 0 aromatic rings. The molecule has 0 aliphatic carbocycles. The predicted molar refractivity (Wildman–Crippen MR) is 156 cm³/mol. The molecule has 0 atom stereocenters. The van der Waals surface area contributed by atoms with Crippen LogP contribution in [0.4, 0.5) is 0 Å². The first kappa shape index (κ1) is 36.8. The van der Waals surface area contributed by atoms with Crippen molar-refractivity contribution in [3.05, 3.63) is 12.2 Å². The van der Waals surface area contributed by atoms with Gasteiger partial charge in [0.25, 0.3) is 0 Å². The molecule has 0 aliphatic rings. The van der Waals surface area contributed by atoms with Crippen molar-refractivity contribution in [3.63, 3.8) is 0 Å². The first-order valence-electron chi connectivity index (χ1n) is 15.7. The van der Waals surface area contributed by atoms with Crippen LogP contribution < -0.4 is 0 Å². The third-order valence-electron chi connectivity index (χ3n) is 6.73. The monoisotopic (exact) mass is 510 g/mol. The molecule has 2 N–H and O–H groups in total. The van der Waals surface area contributed by atoms with Crippen molar-refractivity contribution < 1.29 is 19.8 Å². The van der Waals surface area contributed by atoms with E-state index in [4.69, 9.17) is 10.2 Å². The minimum absolute atomic E-state index is 0.345. The Balaban J connectivity index is 0. The quantitative estimate of drug-likeness (QED) is 0.0851. The molecule has 0 aromatic heterocycles. The number of carboxylic acids is 2. The summed E-state index contributed by atoms with van der Waals surface area (Å²) in [6.45, 7) is 4.52. The second kappa shape index (κ2) is 33.7. The maximum Gasteiger partial charge on any atom is 0.327 e. The third kappa shape index (κ3) is 39.9. The van der Waals surface area contributed by atoms with Crippen LogP contribution in [0.2, 0.25) is 0 Å². The summed E-state index contributed by atoms with van der Waals surface area (Å²) in [5, 5.41) is 16.9. The summed E-state index contributed by atoms with van der Waals surface area (Å²) < 4.78 is 0. The van der Waals surface area contributed by atoms with Crippen molar-refractivity contribution in [2.24, 2.45) is 0 Å². The Bertz CT molecular complexity index is 473. The molecule has 0 bridgehead atoms. The smallest absolute Gasteiger partial charge is 0.327 e. The molecule has 0 saturated carbocycles. The minimum Gasteiger partial charge on any atom is -0.481 e. The lowest BCUT2D eigenvalue weighted by Crippen LogP contribution is -1.93. The fourth-order valence-corrected chi connectivity index (χ4v) is 4.40. The Labute approximate surface area is 224 Å². The Morgan fingerprint density at radius 1 is 0.472 bits per heavy atom. The predicted octanol–water partition coefficient (Wildman–Crippen LogP) is 10.9. The molecule has 214 valence electrons. The van der Waals surface area contributed by atoms with Crippen LogP contribution in [-0.4, -0.2) is 22.2 Å². The zero-order chi connectivity index (χ0) is 27.0. The molecule has 36 heavy (non-hydrogen) atoms. The van der Waals surface area contributed by atoms with Gasteiger partial charge in [0.15, 0.2) is 0 Å². The molecule has 0 spiro atoms.